The van der Waals surface area contributed by atoms with Gasteiger partial charge in [-0.15, -0.1) is 0 Å². The van der Waals surface area contributed by atoms with Gasteiger partial charge in [-0.2, -0.15) is 0 Å². The Labute approximate surface area is 79.4 Å². The van der Waals surface area contributed by atoms with Gasteiger partial charge < -0.3 is 10.6 Å². The maximum atomic E-state index is 3.49. The van der Waals surface area contributed by atoms with Gasteiger partial charge >= 0.3 is 0 Å². The topological polar surface area (TPSA) is 24.1 Å². The Balaban J connectivity index is 2.34. The van der Waals surface area contributed by atoms with Crippen molar-refractivity contribution in [3.8, 4) is 0 Å². The number of benzene rings is 1. The highest BCUT2D eigenvalue weighted by Gasteiger charge is 2.10. The smallest absolute Gasteiger partial charge is 0.0388 e. The van der Waals surface area contributed by atoms with E-state index >= 15 is 0 Å². The van der Waals surface area contributed by atoms with Crippen LogP contribution in [0.5, 0.6) is 0 Å². The van der Waals surface area contributed by atoms with Crippen molar-refractivity contribution in [2.75, 3.05) is 11.9 Å². The van der Waals surface area contributed by atoms with Crippen molar-refractivity contribution in [2.24, 2.45) is 0 Å². The SMILES string of the molecule is Cc1ccc2c(c1)CNCC(C)N2. The highest BCUT2D eigenvalue weighted by Crippen LogP contribution is 2.19. The van der Waals surface area contributed by atoms with Crippen LogP contribution in [-0.4, -0.2) is 12.6 Å². The van der Waals surface area contributed by atoms with Crippen LogP contribution >= 0.6 is 0 Å². The minimum absolute atomic E-state index is 0.518. The quantitative estimate of drug-likeness (QED) is 0.631. The van der Waals surface area contributed by atoms with Crippen molar-refractivity contribution in [1.29, 1.82) is 0 Å². The Bertz CT molecular complexity index is 307. The molecule has 1 atom stereocenters. The zero-order valence-electron chi connectivity index (χ0n) is 8.22. The molecule has 1 unspecified atom stereocenters. The molecule has 1 heterocycles. The van der Waals surface area contributed by atoms with Crippen molar-refractivity contribution in [2.45, 2.75) is 26.4 Å². The molecule has 2 N–H and O–H groups in total. The summed E-state index contributed by atoms with van der Waals surface area (Å²) in [6.07, 6.45) is 0. The normalized spacial score (nSPS) is 21.5. The molecule has 0 spiro atoms. The van der Waals surface area contributed by atoms with Crippen molar-refractivity contribution in [3.63, 3.8) is 0 Å². The van der Waals surface area contributed by atoms with E-state index in [2.05, 4.69) is 42.7 Å². The number of anilines is 1. The third-order valence-corrected chi connectivity index (χ3v) is 2.43. The van der Waals surface area contributed by atoms with Crippen LogP contribution in [0.2, 0.25) is 0 Å². The zero-order valence-corrected chi connectivity index (χ0v) is 8.22. The molecule has 1 aromatic carbocycles. The van der Waals surface area contributed by atoms with Crippen molar-refractivity contribution in [3.05, 3.63) is 29.3 Å². The van der Waals surface area contributed by atoms with Crippen LogP contribution in [0, 0.1) is 6.92 Å². The van der Waals surface area contributed by atoms with E-state index in [1.165, 1.54) is 16.8 Å². The summed E-state index contributed by atoms with van der Waals surface area (Å²) in [5.41, 5.74) is 3.99. The standard InChI is InChI=1S/C11H16N2/c1-8-3-4-11-10(5-8)7-12-6-9(2)13-11/h3-5,9,12-13H,6-7H2,1-2H3. The lowest BCUT2D eigenvalue weighted by atomic mass is 10.1. The average Bonchev–Trinajstić information content (AvgIpc) is 2.25. The summed E-state index contributed by atoms with van der Waals surface area (Å²) in [6, 6.07) is 7.09. The molecule has 0 fully saturated rings. The first-order chi connectivity index (χ1) is 6.25. The van der Waals surface area contributed by atoms with Crippen LogP contribution in [0.15, 0.2) is 18.2 Å². The van der Waals surface area contributed by atoms with Gasteiger partial charge in [0.15, 0.2) is 0 Å². The fourth-order valence-corrected chi connectivity index (χ4v) is 1.75. The number of hydrogen-bond donors (Lipinski definition) is 2. The third-order valence-electron chi connectivity index (χ3n) is 2.43. The molecule has 0 aliphatic carbocycles. The molecule has 13 heavy (non-hydrogen) atoms. The van der Waals surface area contributed by atoms with Gasteiger partial charge in [-0.1, -0.05) is 17.7 Å². The number of aryl methyl sites for hydroxylation is 1. The Morgan fingerprint density at radius 2 is 2.23 bits per heavy atom. The molecule has 1 aliphatic heterocycles. The second-order valence-corrected chi connectivity index (χ2v) is 3.84. The maximum Gasteiger partial charge on any atom is 0.0388 e. The summed E-state index contributed by atoms with van der Waals surface area (Å²) < 4.78 is 0. The summed E-state index contributed by atoms with van der Waals surface area (Å²) >= 11 is 0. The monoisotopic (exact) mass is 176 g/mol. The molecule has 0 radical (unpaired) electrons. The van der Waals surface area contributed by atoms with Gasteiger partial charge in [-0.3, -0.25) is 0 Å². The predicted octanol–water partition coefficient (Wildman–Crippen LogP) is 1.90. The first-order valence-corrected chi connectivity index (χ1v) is 4.82. The van der Waals surface area contributed by atoms with Crippen molar-refractivity contribution >= 4 is 5.69 Å². The number of rotatable bonds is 0. The van der Waals surface area contributed by atoms with Gasteiger partial charge in [-0.25, -0.2) is 0 Å². The van der Waals surface area contributed by atoms with Gasteiger partial charge in [0.1, 0.15) is 0 Å². The van der Waals surface area contributed by atoms with E-state index in [0.717, 1.165) is 13.1 Å². The molecule has 0 bridgehead atoms. The van der Waals surface area contributed by atoms with E-state index in [9.17, 15) is 0 Å². The molecule has 1 aliphatic rings. The van der Waals surface area contributed by atoms with Gasteiger partial charge in [-0.05, 0) is 25.5 Å². The Morgan fingerprint density at radius 1 is 1.38 bits per heavy atom. The maximum absolute atomic E-state index is 3.49. The highest BCUT2D eigenvalue weighted by atomic mass is 15.0. The summed E-state index contributed by atoms with van der Waals surface area (Å²) in [5.74, 6) is 0. The number of hydrogen-bond acceptors (Lipinski definition) is 2. The average molecular weight is 176 g/mol. The predicted molar refractivity (Wildman–Crippen MR) is 56.0 cm³/mol. The van der Waals surface area contributed by atoms with E-state index < -0.39 is 0 Å². The van der Waals surface area contributed by atoms with Crippen LogP contribution in [-0.2, 0) is 6.54 Å². The van der Waals surface area contributed by atoms with E-state index in [1.54, 1.807) is 0 Å². The van der Waals surface area contributed by atoms with Crippen molar-refractivity contribution < 1.29 is 0 Å². The minimum atomic E-state index is 0.518. The fraction of sp³-hybridized carbons (Fsp3) is 0.455. The van der Waals surface area contributed by atoms with Gasteiger partial charge in [0, 0.05) is 24.8 Å². The molecule has 0 aromatic heterocycles. The Hall–Kier alpha value is -1.02. The van der Waals surface area contributed by atoms with Crippen LogP contribution in [0.4, 0.5) is 5.69 Å². The largest absolute Gasteiger partial charge is 0.381 e. The number of nitrogens with one attached hydrogen (secondary N) is 2. The first kappa shape index (κ1) is 8.57. The first-order valence-electron chi connectivity index (χ1n) is 4.82. The third kappa shape index (κ3) is 1.83. The van der Waals surface area contributed by atoms with Crippen LogP contribution in [0.25, 0.3) is 0 Å². The summed E-state index contributed by atoms with van der Waals surface area (Å²) in [5, 5.41) is 6.90. The second kappa shape index (κ2) is 3.38. The second-order valence-electron chi connectivity index (χ2n) is 3.84. The summed E-state index contributed by atoms with van der Waals surface area (Å²) in [4.78, 5) is 0. The van der Waals surface area contributed by atoms with Crippen LogP contribution in [0.1, 0.15) is 18.1 Å². The summed E-state index contributed by atoms with van der Waals surface area (Å²) in [6.45, 7) is 6.35. The van der Waals surface area contributed by atoms with Gasteiger partial charge in [0.2, 0.25) is 0 Å². The Kier molecular flexibility index (Phi) is 2.23. The van der Waals surface area contributed by atoms with Crippen molar-refractivity contribution in [1.82, 2.24) is 5.32 Å². The van der Waals surface area contributed by atoms with E-state index in [1.807, 2.05) is 0 Å². The van der Waals surface area contributed by atoms with Crippen LogP contribution < -0.4 is 10.6 Å². The highest BCUT2D eigenvalue weighted by molar-refractivity contribution is 5.53. The van der Waals surface area contributed by atoms with Crippen LogP contribution in [0.3, 0.4) is 0 Å². The van der Waals surface area contributed by atoms with E-state index in [-0.39, 0.29) is 0 Å². The van der Waals surface area contributed by atoms with E-state index in [4.69, 9.17) is 0 Å². The molecule has 0 saturated carbocycles. The molecular formula is C11H16N2. The summed E-state index contributed by atoms with van der Waals surface area (Å²) in [7, 11) is 0. The molecule has 0 amide bonds. The van der Waals surface area contributed by atoms with Gasteiger partial charge in [0.25, 0.3) is 0 Å². The molecule has 2 nitrogen and oxygen atoms in total. The molecule has 2 heteroatoms. The lowest BCUT2D eigenvalue weighted by Crippen LogP contribution is -2.26. The van der Waals surface area contributed by atoms with Gasteiger partial charge in [0.05, 0.1) is 0 Å². The molecule has 2 rings (SSSR count). The lowest BCUT2D eigenvalue weighted by Gasteiger charge is -2.12. The number of fused-ring (bicyclic) bond motifs is 1. The lowest BCUT2D eigenvalue weighted by molar-refractivity contribution is 0.651. The zero-order chi connectivity index (χ0) is 9.26. The van der Waals surface area contributed by atoms with E-state index in [0.29, 0.717) is 6.04 Å². The minimum Gasteiger partial charge on any atom is -0.381 e. The molecular weight excluding hydrogens is 160 g/mol. The molecule has 0 saturated heterocycles. The fourth-order valence-electron chi connectivity index (χ4n) is 1.75. The Morgan fingerprint density at radius 3 is 3.08 bits per heavy atom. The molecule has 70 valence electrons. The molecule has 1 aromatic rings.